The van der Waals surface area contributed by atoms with Crippen molar-refractivity contribution in [2.75, 3.05) is 20.8 Å². The summed E-state index contributed by atoms with van der Waals surface area (Å²) in [6.45, 7) is 0.307. The van der Waals surface area contributed by atoms with Crippen molar-refractivity contribution in [1.29, 1.82) is 0 Å². The predicted octanol–water partition coefficient (Wildman–Crippen LogP) is 3.09. The number of ether oxygens (including phenoxy) is 2. The fourth-order valence-corrected chi connectivity index (χ4v) is 4.77. The molecule has 0 bridgehead atoms. The highest BCUT2D eigenvalue weighted by molar-refractivity contribution is 7.89. The van der Waals surface area contributed by atoms with E-state index in [0.717, 1.165) is 29.0 Å². The summed E-state index contributed by atoms with van der Waals surface area (Å²) in [6.07, 6.45) is 0.671. The van der Waals surface area contributed by atoms with Gasteiger partial charge in [0.15, 0.2) is 0 Å². The first-order chi connectivity index (χ1) is 16.3. The second kappa shape index (κ2) is 11.6. The quantitative estimate of drug-likeness (QED) is 0.435. The maximum atomic E-state index is 13.8. The number of hydrogen-bond donors (Lipinski definition) is 2. The van der Waals surface area contributed by atoms with Crippen molar-refractivity contribution in [3.05, 3.63) is 89.7 Å². The highest BCUT2D eigenvalue weighted by Gasteiger charge is 2.28. The first-order valence-electron chi connectivity index (χ1n) is 10.6. The number of halogens is 1. The molecule has 0 aliphatic carbocycles. The lowest BCUT2D eigenvalue weighted by Crippen LogP contribution is -2.48. The number of benzene rings is 3. The average molecular weight is 487 g/mol. The van der Waals surface area contributed by atoms with Gasteiger partial charge in [0.25, 0.3) is 0 Å². The molecule has 0 heterocycles. The van der Waals surface area contributed by atoms with Crippen molar-refractivity contribution in [2.24, 2.45) is 0 Å². The average Bonchev–Trinajstić information content (AvgIpc) is 2.84. The predicted molar refractivity (Wildman–Crippen MR) is 127 cm³/mol. The molecule has 0 saturated carbocycles. The Balaban J connectivity index is 1.76. The Morgan fingerprint density at radius 3 is 2.29 bits per heavy atom. The summed E-state index contributed by atoms with van der Waals surface area (Å²) < 4.78 is 52.6. The summed E-state index contributed by atoms with van der Waals surface area (Å²) >= 11 is 0. The maximum absolute atomic E-state index is 13.8. The first-order valence-corrected chi connectivity index (χ1v) is 12.1. The number of hydrogen-bond acceptors (Lipinski definition) is 5. The zero-order valence-corrected chi connectivity index (χ0v) is 19.8. The van der Waals surface area contributed by atoms with Crippen LogP contribution in [0.5, 0.6) is 11.5 Å². The normalized spacial score (nSPS) is 12.1. The standard InChI is InChI=1S/C25H27FN2O5S/c1-32-21-11-8-18(9-12-21)14-15-27-25(29)22(16-19-6-4-3-5-7-19)28-34(30,31)24-17-20(26)10-13-23(24)33-2/h3-13,17,22,28H,14-16H2,1-2H3,(H,27,29). The minimum atomic E-state index is -4.26. The van der Waals surface area contributed by atoms with E-state index >= 15 is 0 Å². The lowest BCUT2D eigenvalue weighted by molar-refractivity contribution is -0.122. The van der Waals surface area contributed by atoms with E-state index in [1.165, 1.54) is 13.2 Å². The number of carbonyl (C=O) groups is 1. The van der Waals surface area contributed by atoms with Crippen LogP contribution >= 0.6 is 0 Å². The van der Waals surface area contributed by atoms with Gasteiger partial charge in [0, 0.05) is 6.54 Å². The molecule has 34 heavy (non-hydrogen) atoms. The topological polar surface area (TPSA) is 93.7 Å². The summed E-state index contributed by atoms with van der Waals surface area (Å²) in [5.74, 6) is -0.508. The number of sulfonamides is 1. The van der Waals surface area contributed by atoms with Gasteiger partial charge in [-0.15, -0.1) is 0 Å². The Kier molecular flexibility index (Phi) is 8.61. The summed E-state index contributed by atoms with van der Waals surface area (Å²) in [5.41, 5.74) is 1.76. The molecular weight excluding hydrogens is 459 g/mol. The van der Waals surface area contributed by atoms with E-state index in [1.54, 1.807) is 31.4 Å². The van der Waals surface area contributed by atoms with Crippen LogP contribution < -0.4 is 19.5 Å². The van der Waals surface area contributed by atoms with Gasteiger partial charge < -0.3 is 14.8 Å². The van der Waals surface area contributed by atoms with Gasteiger partial charge in [-0.25, -0.2) is 12.8 Å². The molecule has 3 aromatic rings. The summed E-state index contributed by atoms with van der Waals surface area (Å²) in [5, 5.41) is 2.79. The summed E-state index contributed by atoms with van der Waals surface area (Å²) in [6, 6.07) is 18.6. The number of rotatable bonds is 11. The van der Waals surface area contributed by atoms with Crippen molar-refractivity contribution >= 4 is 15.9 Å². The lowest BCUT2D eigenvalue weighted by Gasteiger charge is -2.20. The molecule has 0 aliphatic heterocycles. The molecule has 1 atom stereocenters. The molecule has 1 amide bonds. The van der Waals surface area contributed by atoms with E-state index in [1.807, 2.05) is 30.3 Å². The highest BCUT2D eigenvalue weighted by atomic mass is 32.2. The van der Waals surface area contributed by atoms with Crippen LogP contribution in [0, 0.1) is 5.82 Å². The first kappa shape index (κ1) is 25.2. The molecule has 2 N–H and O–H groups in total. The van der Waals surface area contributed by atoms with Gasteiger partial charge in [-0.3, -0.25) is 4.79 Å². The van der Waals surface area contributed by atoms with Gasteiger partial charge in [0.2, 0.25) is 15.9 Å². The van der Waals surface area contributed by atoms with Crippen molar-refractivity contribution < 1.29 is 27.1 Å². The van der Waals surface area contributed by atoms with Gasteiger partial charge in [-0.2, -0.15) is 4.72 Å². The van der Waals surface area contributed by atoms with E-state index in [9.17, 15) is 17.6 Å². The highest BCUT2D eigenvalue weighted by Crippen LogP contribution is 2.24. The molecule has 9 heteroatoms. The SMILES string of the molecule is COc1ccc(CCNC(=O)C(Cc2ccccc2)NS(=O)(=O)c2cc(F)ccc2OC)cc1. The smallest absolute Gasteiger partial charge is 0.245 e. The third kappa shape index (κ3) is 6.79. The van der Waals surface area contributed by atoms with Gasteiger partial charge in [0.1, 0.15) is 28.3 Å². The Morgan fingerprint density at radius 2 is 1.65 bits per heavy atom. The van der Waals surface area contributed by atoms with Gasteiger partial charge in [0.05, 0.1) is 14.2 Å². The maximum Gasteiger partial charge on any atom is 0.245 e. The molecule has 0 aliphatic rings. The molecule has 0 spiro atoms. The minimum Gasteiger partial charge on any atom is -0.497 e. The van der Waals surface area contributed by atoms with Gasteiger partial charge in [-0.1, -0.05) is 42.5 Å². The van der Waals surface area contributed by atoms with Crippen LogP contribution in [-0.4, -0.2) is 41.1 Å². The van der Waals surface area contributed by atoms with Crippen LogP contribution in [0.3, 0.4) is 0 Å². The third-order valence-electron chi connectivity index (χ3n) is 5.18. The van der Waals surface area contributed by atoms with E-state index < -0.39 is 27.8 Å². The second-order valence-electron chi connectivity index (χ2n) is 7.55. The fourth-order valence-electron chi connectivity index (χ4n) is 3.39. The zero-order chi connectivity index (χ0) is 24.6. The van der Waals surface area contributed by atoms with Crippen LogP contribution in [0.25, 0.3) is 0 Å². The Labute approximate surface area is 199 Å². The summed E-state index contributed by atoms with van der Waals surface area (Å²) in [4.78, 5) is 12.6. The number of amides is 1. The third-order valence-corrected chi connectivity index (χ3v) is 6.68. The molecule has 3 aromatic carbocycles. The Morgan fingerprint density at radius 1 is 0.941 bits per heavy atom. The van der Waals surface area contributed by atoms with Crippen molar-refractivity contribution in [1.82, 2.24) is 10.0 Å². The van der Waals surface area contributed by atoms with Crippen LogP contribution in [0.2, 0.25) is 0 Å². The van der Waals surface area contributed by atoms with Crippen LogP contribution in [0.15, 0.2) is 77.7 Å². The molecular formula is C25H27FN2O5S. The van der Waals surface area contributed by atoms with Crippen LogP contribution in [0.1, 0.15) is 11.1 Å². The number of carbonyl (C=O) groups excluding carboxylic acids is 1. The molecule has 3 rings (SSSR count). The monoisotopic (exact) mass is 486 g/mol. The van der Waals surface area contributed by atoms with E-state index in [0.29, 0.717) is 13.0 Å². The second-order valence-corrected chi connectivity index (χ2v) is 9.23. The molecule has 7 nitrogen and oxygen atoms in total. The van der Waals surface area contributed by atoms with Gasteiger partial charge >= 0.3 is 0 Å². The number of nitrogens with one attached hydrogen (secondary N) is 2. The lowest BCUT2D eigenvalue weighted by atomic mass is 10.1. The van der Waals surface area contributed by atoms with E-state index in [4.69, 9.17) is 9.47 Å². The summed E-state index contributed by atoms with van der Waals surface area (Å²) in [7, 11) is -1.39. The van der Waals surface area contributed by atoms with Crippen LogP contribution in [0.4, 0.5) is 4.39 Å². The number of methoxy groups -OCH3 is 2. The molecule has 180 valence electrons. The largest absolute Gasteiger partial charge is 0.497 e. The van der Waals surface area contributed by atoms with Crippen LogP contribution in [-0.2, 0) is 27.7 Å². The minimum absolute atomic E-state index is 0.0210. The van der Waals surface area contributed by atoms with E-state index in [-0.39, 0.29) is 17.1 Å². The Bertz CT molecular complexity index is 1200. The molecule has 0 radical (unpaired) electrons. The molecule has 0 aromatic heterocycles. The zero-order valence-electron chi connectivity index (χ0n) is 19.0. The molecule has 1 unspecified atom stereocenters. The van der Waals surface area contributed by atoms with E-state index in [2.05, 4.69) is 10.0 Å². The fraction of sp³-hybridized carbons (Fsp3) is 0.240. The molecule has 0 saturated heterocycles. The van der Waals surface area contributed by atoms with Crippen molar-refractivity contribution in [3.8, 4) is 11.5 Å². The van der Waals surface area contributed by atoms with Crippen molar-refractivity contribution in [3.63, 3.8) is 0 Å². The molecule has 0 fully saturated rings. The van der Waals surface area contributed by atoms with Crippen molar-refractivity contribution in [2.45, 2.75) is 23.8 Å². The van der Waals surface area contributed by atoms with Gasteiger partial charge in [-0.05, 0) is 54.3 Å². The Hall–Kier alpha value is -3.43.